The summed E-state index contributed by atoms with van der Waals surface area (Å²) in [6, 6.07) is -6.56. The molecule has 0 aromatic carbocycles. The zero-order chi connectivity index (χ0) is 41.6. The first-order chi connectivity index (χ1) is 25.7. The zero-order valence-electron chi connectivity index (χ0n) is 31.1. The zero-order valence-corrected chi connectivity index (χ0v) is 31.1. The summed E-state index contributed by atoms with van der Waals surface area (Å²) in [6.45, 7) is 7.37. The highest BCUT2D eigenvalue weighted by molar-refractivity contribution is 6.13. The van der Waals surface area contributed by atoms with E-state index in [2.05, 4.69) is 42.5 Å². The van der Waals surface area contributed by atoms with Gasteiger partial charge >= 0.3 is 0 Å². The van der Waals surface area contributed by atoms with E-state index in [0.717, 1.165) is 34.1 Å². The second-order valence-electron chi connectivity index (χ2n) is 12.6. The van der Waals surface area contributed by atoms with Crippen molar-refractivity contribution in [1.82, 2.24) is 52.3 Å². The minimum absolute atomic E-state index is 0.0467. The molecule has 0 saturated heterocycles. The minimum atomic E-state index is -1.12. The Morgan fingerprint density at radius 1 is 0.418 bits per heavy atom. The predicted molar refractivity (Wildman–Crippen MR) is 187 cm³/mol. The number of hydrogen-bond donors (Lipinski definition) is 8. The number of carbonyl (C=O) groups is 12. The van der Waals surface area contributed by atoms with Gasteiger partial charge in [-0.05, 0) is 48.0 Å². The first-order valence-corrected chi connectivity index (χ1v) is 17.1. The smallest absolute Gasteiger partial charge is 0.255 e. The van der Waals surface area contributed by atoms with Gasteiger partial charge in [0.15, 0.2) is 0 Å². The van der Waals surface area contributed by atoms with Crippen LogP contribution in [0.1, 0.15) is 60.8 Å². The molecule has 0 spiro atoms. The third kappa shape index (κ3) is 14.1. The van der Waals surface area contributed by atoms with Crippen LogP contribution in [0.2, 0.25) is 0 Å². The molecule has 6 atom stereocenters. The average molecular weight is 775 g/mol. The highest BCUT2D eigenvalue weighted by atomic mass is 16.2. The third-order valence-corrected chi connectivity index (χ3v) is 7.98. The molecule has 0 bridgehead atoms. The van der Waals surface area contributed by atoms with Crippen molar-refractivity contribution in [1.29, 1.82) is 0 Å². The van der Waals surface area contributed by atoms with Crippen LogP contribution in [0.15, 0.2) is 24.3 Å². The Labute approximate surface area is 315 Å². The Morgan fingerprint density at radius 3 is 0.927 bits per heavy atom. The van der Waals surface area contributed by atoms with Gasteiger partial charge in [0.25, 0.3) is 23.6 Å². The van der Waals surface area contributed by atoms with Crippen LogP contribution < -0.4 is 42.5 Å². The predicted octanol–water partition coefficient (Wildman–Crippen LogP) is -4.82. The van der Waals surface area contributed by atoms with E-state index in [1.54, 1.807) is 0 Å². The van der Waals surface area contributed by atoms with Crippen LogP contribution in [0, 0.1) is 0 Å². The quantitative estimate of drug-likeness (QED) is 0.0541. The van der Waals surface area contributed by atoms with E-state index in [0.29, 0.717) is 0 Å². The lowest BCUT2D eigenvalue weighted by Crippen LogP contribution is -2.55. The van der Waals surface area contributed by atoms with E-state index in [4.69, 9.17) is 0 Å². The first-order valence-electron chi connectivity index (χ1n) is 17.1. The van der Waals surface area contributed by atoms with Gasteiger partial charge in [-0.15, -0.1) is 0 Å². The monoisotopic (exact) mass is 774 g/mol. The van der Waals surface area contributed by atoms with Crippen LogP contribution in [0.3, 0.4) is 0 Å². The highest BCUT2D eigenvalue weighted by Gasteiger charge is 2.28. The molecule has 2 aliphatic heterocycles. The van der Waals surface area contributed by atoms with Gasteiger partial charge in [-0.1, -0.05) is 0 Å². The number of imide groups is 2. The maximum absolute atomic E-state index is 12.6. The lowest BCUT2D eigenvalue weighted by Gasteiger charge is -2.21. The normalized spacial score (nSPS) is 16.6. The molecule has 22 heteroatoms. The Kier molecular flexibility index (Phi) is 16.8. The van der Waals surface area contributed by atoms with E-state index >= 15 is 0 Å². The fourth-order valence-electron chi connectivity index (χ4n) is 4.58. The minimum Gasteiger partial charge on any atom is -0.345 e. The van der Waals surface area contributed by atoms with Gasteiger partial charge in [-0.3, -0.25) is 67.3 Å². The Bertz CT molecular complexity index is 1510. The molecule has 22 nitrogen and oxygen atoms in total. The van der Waals surface area contributed by atoms with Gasteiger partial charge in [0.05, 0.1) is 0 Å². The van der Waals surface area contributed by atoms with Crippen LogP contribution in [0.4, 0.5) is 0 Å². The van der Waals surface area contributed by atoms with E-state index in [1.165, 1.54) is 41.5 Å². The summed E-state index contributed by atoms with van der Waals surface area (Å²) in [5.74, 6) is -7.79. The molecule has 0 aromatic heterocycles. The summed E-state index contributed by atoms with van der Waals surface area (Å²) in [7, 11) is 0. The molecular formula is C33H46N10O12. The van der Waals surface area contributed by atoms with Gasteiger partial charge in [0, 0.05) is 37.1 Å². The van der Waals surface area contributed by atoms with Crippen molar-refractivity contribution in [3.8, 4) is 0 Å². The molecule has 0 aromatic rings. The van der Waals surface area contributed by atoms with Gasteiger partial charge in [-0.25, -0.2) is 0 Å². The summed E-state index contributed by atoms with van der Waals surface area (Å²) < 4.78 is 0. The number of carbonyl (C=O) groups excluding carboxylic acids is 12. The largest absolute Gasteiger partial charge is 0.345 e. The number of amides is 12. The fraction of sp³-hybridized carbons (Fsp3) is 0.515. The lowest BCUT2D eigenvalue weighted by molar-refractivity contribution is -0.140. The second-order valence-corrected chi connectivity index (χ2v) is 12.6. The topological polar surface area (TPSA) is 308 Å². The summed E-state index contributed by atoms with van der Waals surface area (Å²) >= 11 is 0. The first kappa shape index (κ1) is 44.7. The molecule has 6 unspecified atom stereocenters. The number of rotatable bonds is 20. The summed E-state index contributed by atoms with van der Waals surface area (Å²) in [5, 5.41) is 19.2. The van der Waals surface area contributed by atoms with Crippen LogP contribution in [-0.2, 0) is 57.5 Å². The standard InChI is InChI=1S/C33H46N10O12/c1-16(28(50)34-14-42-24(46)10-11-25(42)47)38-32(54)20(5)40-30(52)18(3)36-22(44)8-7-9-23(45)37-19(4)31(53)41-21(6)33(55)39-17(2)29(51)35-15-43-26(48)12-13-27(43)49/h10-13,16-21H,7-9,14-15H2,1-6H3,(H,34,50)(H,35,51)(H,36,44)(H,37,45)(H,38,54)(H,39,55)(H,40,52)(H,41,53). The SMILES string of the molecule is CC(NC(=O)CCCC(=O)NC(C)C(=O)NC(C)C(=O)NC(C)C(=O)NCN1C(=O)C=CC1=O)C(=O)NC(C)C(=O)NC(C)C(=O)NCN1C(=O)C=CC1=O. The van der Waals surface area contributed by atoms with Crippen molar-refractivity contribution in [2.75, 3.05) is 13.3 Å². The van der Waals surface area contributed by atoms with E-state index in [-0.39, 0.29) is 19.3 Å². The number of nitrogens with one attached hydrogen (secondary N) is 8. The van der Waals surface area contributed by atoms with E-state index in [1.807, 2.05) is 0 Å². The molecule has 55 heavy (non-hydrogen) atoms. The van der Waals surface area contributed by atoms with Crippen LogP contribution in [0.25, 0.3) is 0 Å². The molecule has 0 radical (unpaired) electrons. The molecule has 300 valence electrons. The lowest BCUT2D eigenvalue weighted by atomic mass is 10.2. The van der Waals surface area contributed by atoms with Crippen LogP contribution >= 0.6 is 0 Å². The van der Waals surface area contributed by atoms with Gasteiger partial charge in [-0.2, -0.15) is 0 Å². The molecule has 2 rings (SSSR count). The van der Waals surface area contributed by atoms with E-state index < -0.39 is 120 Å². The number of hydrogen-bond acceptors (Lipinski definition) is 12. The van der Waals surface area contributed by atoms with Crippen molar-refractivity contribution >= 4 is 70.9 Å². The van der Waals surface area contributed by atoms with Gasteiger partial charge in [0.1, 0.15) is 49.6 Å². The van der Waals surface area contributed by atoms with Crippen LogP contribution in [-0.4, -0.2) is 130 Å². The van der Waals surface area contributed by atoms with Gasteiger partial charge in [0.2, 0.25) is 47.3 Å². The molecule has 2 aliphatic rings. The highest BCUT2D eigenvalue weighted by Crippen LogP contribution is 2.03. The Morgan fingerprint density at radius 2 is 0.655 bits per heavy atom. The molecule has 2 heterocycles. The Balaban J connectivity index is 1.64. The van der Waals surface area contributed by atoms with Crippen molar-refractivity contribution in [3.63, 3.8) is 0 Å². The van der Waals surface area contributed by atoms with Crippen LogP contribution in [0.5, 0.6) is 0 Å². The van der Waals surface area contributed by atoms with Gasteiger partial charge < -0.3 is 42.5 Å². The molecular weight excluding hydrogens is 728 g/mol. The summed E-state index contributed by atoms with van der Waals surface area (Å²) in [5.41, 5.74) is 0. The molecule has 8 N–H and O–H groups in total. The van der Waals surface area contributed by atoms with Crippen molar-refractivity contribution in [2.24, 2.45) is 0 Å². The van der Waals surface area contributed by atoms with Crippen molar-refractivity contribution in [2.45, 2.75) is 97.1 Å². The average Bonchev–Trinajstić information content (AvgIpc) is 3.62. The fourth-order valence-corrected chi connectivity index (χ4v) is 4.58. The van der Waals surface area contributed by atoms with Crippen molar-refractivity contribution in [3.05, 3.63) is 24.3 Å². The maximum atomic E-state index is 12.6. The molecule has 12 amide bonds. The van der Waals surface area contributed by atoms with E-state index in [9.17, 15) is 57.5 Å². The molecule has 0 aliphatic carbocycles. The second kappa shape index (κ2) is 20.7. The Hall–Kier alpha value is -6.48. The maximum Gasteiger partial charge on any atom is 0.255 e. The molecule has 0 saturated carbocycles. The molecule has 0 fully saturated rings. The summed E-state index contributed by atoms with van der Waals surface area (Å²) in [6.07, 6.45) is 3.94. The third-order valence-electron chi connectivity index (χ3n) is 7.98. The van der Waals surface area contributed by atoms with Crippen molar-refractivity contribution < 1.29 is 57.5 Å². The summed E-state index contributed by atoms with van der Waals surface area (Å²) in [4.78, 5) is 147. The number of nitrogens with zero attached hydrogens (tertiary/aromatic N) is 2.